The first-order valence-corrected chi connectivity index (χ1v) is 11.1. The Morgan fingerprint density at radius 1 is 1.03 bits per heavy atom. The summed E-state index contributed by atoms with van der Waals surface area (Å²) in [6.45, 7) is 5.72. The monoisotopic (exact) mass is 443 g/mol. The molecule has 0 spiro atoms. The molecule has 2 atom stereocenters. The molecule has 5 heterocycles. The van der Waals surface area contributed by atoms with Gasteiger partial charge in [-0.25, -0.2) is 0 Å². The van der Waals surface area contributed by atoms with Crippen LogP contribution < -0.4 is 5.32 Å². The smallest absolute Gasteiger partial charge is 0.170 e. The molecule has 0 aromatic carbocycles. The summed E-state index contributed by atoms with van der Waals surface area (Å²) in [5, 5.41) is 4.28. The van der Waals surface area contributed by atoms with Gasteiger partial charge in [0.1, 0.15) is 5.76 Å². The quantitative estimate of drug-likeness (QED) is 0.436. The van der Waals surface area contributed by atoms with Gasteiger partial charge in [0.2, 0.25) is 0 Å². The number of furan rings is 1. The molecule has 162 valence electrons. The fourth-order valence-corrected chi connectivity index (χ4v) is 4.83. The molecule has 32 heavy (non-hydrogen) atoms. The van der Waals surface area contributed by atoms with E-state index in [1.807, 2.05) is 55.0 Å². The van der Waals surface area contributed by atoms with E-state index in [1.165, 1.54) is 22.5 Å². The van der Waals surface area contributed by atoms with Gasteiger partial charge in [-0.05, 0) is 79.7 Å². The molecule has 0 aliphatic carbocycles. The lowest BCUT2D eigenvalue weighted by molar-refractivity contribution is 0.309. The van der Waals surface area contributed by atoms with Gasteiger partial charge in [0.05, 0.1) is 30.6 Å². The van der Waals surface area contributed by atoms with Crippen LogP contribution in [0.3, 0.4) is 0 Å². The fraction of sp³-hybridized carbons (Fsp3) is 0.240. The normalized spacial score (nSPS) is 18.2. The van der Waals surface area contributed by atoms with Crippen molar-refractivity contribution in [1.82, 2.24) is 24.8 Å². The second-order valence-corrected chi connectivity index (χ2v) is 8.49. The summed E-state index contributed by atoms with van der Waals surface area (Å²) in [7, 11) is 0. The highest BCUT2D eigenvalue weighted by Gasteiger charge is 2.41. The van der Waals surface area contributed by atoms with Crippen LogP contribution in [0, 0.1) is 13.8 Å². The number of hydrogen-bond acceptors (Lipinski definition) is 4. The van der Waals surface area contributed by atoms with Crippen molar-refractivity contribution in [2.24, 2.45) is 0 Å². The Morgan fingerprint density at radius 2 is 1.88 bits per heavy atom. The zero-order chi connectivity index (χ0) is 22.1. The van der Waals surface area contributed by atoms with Crippen molar-refractivity contribution in [3.05, 3.63) is 107 Å². The maximum Gasteiger partial charge on any atom is 0.170 e. The van der Waals surface area contributed by atoms with Gasteiger partial charge in [0, 0.05) is 36.5 Å². The van der Waals surface area contributed by atoms with Gasteiger partial charge in [-0.3, -0.25) is 9.97 Å². The number of rotatable bonds is 6. The molecular weight excluding hydrogens is 418 g/mol. The Kier molecular flexibility index (Phi) is 5.49. The first kappa shape index (κ1) is 20.5. The lowest BCUT2D eigenvalue weighted by atomic mass is 9.96. The summed E-state index contributed by atoms with van der Waals surface area (Å²) in [5.41, 5.74) is 5.78. The Bertz CT molecular complexity index is 1200. The van der Waals surface area contributed by atoms with E-state index >= 15 is 0 Å². The third-order valence-electron chi connectivity index (χ3n) is 6.13. The summed E-state index contributed by atoms with van der Waals surface area (Å²) in [6.07, 6.45) is 7.20. The lowest BCUT2D eigenvalue weighted by Gasteiger charge is -2.28. The number of thiocarbonyl (C=S) groups is 1. The van der Waals surface area contributed by atoms with E-state index in [1.54, 1.807) is 6.26 Å². The first-order chi connectivity index (χ1) is 15.6. The van der Waals surface area contributed by atoms with Gasteiger partial charge in [-0.2, -0.15) is 0 Å². The van der Waals surface area contributed by atoms with Gasteiger partial charge in [0.15, 0.2) is 5.11 Å². The molecule has 0 bridgehead atoms. The first-order valence-electron chi connectivity index (χ1n) is 10.7. The molecule has 4 aromatic rings. The van der Waals surface area contributed by atoms with Gasteiger partial charge < -0.3 is 19.2 Å². The summed E-state index contributed by atoms with van der Waals surface area (Å²) < 4.78 is 7.91. The predicted molar refractivity (Wildman–Crippen MR) is 127 cm³/mol. The van der Waals surface area contributed by atoms with E-state index < -0.39 is 0 Å². The molecule has 0 saturated carbocycles. The number of hydrogen-bond donors (Lipinski definition) is 1. The van der Waals surface area contributed by atoms with Crippen LogP contribution in [0.4, 0.5) is 0 Å². The molecule has 1 aliphatic rings. The molecule has 6 nitrogen and oxygen atoms in total. The summed E-state index contributed by atoms with van der Waals surface area (Å²) in [6, 6.07) is 16.3. The third kappa shape index (κ3) is 3.80. The Balaban J connectivity index is 1.57. The number of nitrogens with one attached hydrogen (secondary N) is 1. The second-order valence-electron chi connectivity index (χ2n) is 8.10. The third-order valence-corrected chi connectivity index (χ3v) is 6.48. The van der Waals surface area contributed by atoms with Crippen LogP contribution in [-0.4, -0.2) is 24.5 Å². The summed E-state index contributed by atoms with van der Waals surface area (Å²) in [4.78, 5) is 11.1. The average molecular weight is 444 g/mol. The average Bonchev–Trinajstić information content (AvgIpc) is 3.51. The zero-order valence-corrected chi connectivity index (χ0v) is 18.9. The highest BCUT2D eigenvalue weighted by Crippen LogP contribution is 2.41. The highest BCUT2D eigenvalue weighted by molar-refractivity contribution is 7.80. The van der Waals surface area contributed by atoms with Crippen molar-refractivity contribution < 1.29 is 4.42 Å². The largest absolute Gasteiger partial charge is 0.467 e. The van der Waals surface area contributed by atoms with Gasteiger partial charge in [-0.15, -0.1) is 0 Å². The molecule has 0 unspecified atom stereocenters. The molecular formula is C25H25N5OS. The highest BCUT2D eigenvalue weighted by atomic mass is 32.1. The minimum Gasteiger partial charge on any atom is -0.467 e. The van der Waals surface area contributed by atoms with Crippen LogP contribution in [0.1, 0.15) is 46.1 Å². The van der Waals surface area contributed by atoms with Crippen LogP contribution in [0.25, 0.3) is 0 Å². The van der Waals surface area contributed by atoms with Gasteiger partial charge in [0.25, 0.3) is 0 Å². The summed E-state index contributed by atoms with van der Waals surface area (Å²) >= 11 is 5.82. The zero-order valence-electron chi connectivity index (χ0n) is 18.1. The molecule has 1 N–H and O–H groups in total. The van der Waals surface area contributed by atoms with Crippen molar-refractivity contribution in [2.75, 3.05) is 0 Å². The van der Waals surface area contributed by atoms with E-state index in [2.05, 4.69) is 50.7 Å². The van der Waals surface area contributed by atoms with Crippen molar-refractivity contribution in [2.45, 2.75) is 39.0 Å². The predicted octanol–water partition coefficient (Wildman–Crippen LogP) is 4.71. The van der Waals surface area contributed by atoms with E-state index in [0.29, 0.717) is 13.1 Å². The van der Waals surface area contributed by atoms with Crippen molar-refractivity contribution in [1.29, 1.82) is 0 Å². The standard InChI is InChI=1S/C25H25N5OS/c1-17-14-21(18(2)29(17)16-20-6-5-13-31-20)24-23(22-7-3-4-10-27-22)28-25(32)30(24)15-19-8-11-26-12-9-19/h3-14,23-24H,15-16H2,1-2H3,(H,28,32)/t23-,24+/m1/s1. The number of nitrogens with zero attached hydrogens (tertiary/aromatic N) is 4. The maximum atomic E-state index is 5.82. The van der Waals surface area contributed by atoms with E-state index in [4.69, 9.17) is 16.6 Å². The molecule has 0 radical (unpaired) electrons. The van der Waals surface area contributed by atoms with Crippen molar-refractivity contribution in [3.8, 4) is 0 Å². The minimum atomic E-state index is -0.0388. The molecule has 5 rings (SSSR count). The van der Waals surface area contributed by atoms with Crippen molar-refractivity contribution in [3.63, 3.8) is 0 Å². The second kappa shape index (κ2) is 8.59. The molecule has 0 amide bonds. The molecule has 1 saturated heterocycles. The SMILES string of the molecule is Cc1cc([C@H]2[C@@H](c3ccccn3)NC(=S)N2Cc2ccncc2)c(C)n1Cc1ccco1. The fourth-order valence-electron chi connectivity index (χ4n) is 4.53. The molecule has 4 aromatic heterocycles. The Hall–Kier alpha value is -3.45. The van der Waals surface area contributed by atoms with Crippen LogP contribution in [0.15, 0.2) is 77.8 Å². The van der Waals surface area contributed by atoms with Crippen LogP contribution in [0.5, 0.6) is 0 Å². The number of aryl methyl sites for hydroxylation is 1. The lowest BCUT2D eigenvalue weighted by Crippen LogP contribution is -2.29. The van der Waals surface area contributed by atoms with Crippen LogP contribution in [-0.2, 0) is 13.1 Å². The number of pyridine rings is 2. The number of aromatic nitrogens is 3. The van der Waals surface area contributed by atoms with E-state index in [-0.39, 0.29) is 12.1 Å². The molecule has 7 heteroatoms. The van der Waals surface area contributed by atoms with Crippen LogP contribution in [0.2, 0.25) is 0 Å². The molecule has 1 fully saturated rings. The van der Waals surface area contributed by atoms with Crippen LogP contribution >= 0.6 is 12.2 Å². The molecule has 1 aliphatic heterocycles. The topological polar surface area (TPSA) is 59.1 Å². The van der Waals surface area contributed by atoms with E-state index in [0.717, 1.165) is 16.6 Å². The van der Waals surface area contributed by atoms with Crippen molar-refractivity contribution >= 4 is 17.3 Å². The van der Waals surface area contributed by atoms with Gasteiger partial charge in [-0.1, -0.05) is 6.07 Å². The van der Waals surface area contributed by atoms with E-state index in [9.17, 15) is 0 Å². The Morgan fingerprint density at radius 3 is 2.59 bits per heavy atom. The summed E-state index contributed by atoms with van der Waals surface area (Å²) in [5.74, 6) is 0.938. The minimum absolute atomic E-state index is 0.0158. The Labute approximate surface area is 192 Å². The van der Waals surface area contributed by atoms with Gasteiger partial charge >= 0.3 is 0 Å². The maximum absolute atomic E-state index is 5.82.